The second-order valence-corrected chi connectivity index (χ2v) is 9.10. The summed E-state index contributed by atoms with van der Waals surface area (Å²) in [5.41, 5.74) is 6.22. The number of fused-ring (bicyclic) bond motifs is 2. The van der Waals surface area contributed by atoms with E-state index in [1.165, 1.54) is 24.3 Å². The van der Waals surface area contributed by atoms with E-state index in [1.54, 1.807) is 17.0 Å². The third-order valence-electron chi connectivity index (χ3n) is 6.12. The molecule has 36 heavy (non-hydrogen) atoms. The average Bonchev–Trinajstić information content (AvgIpc) is 3.05. The number of piperazine rings is 1. The number of benzene rings is 2. The van der Waals surface area contributed by atoms with Gasteiger partial charge in [0.15, 0.2) is 0 Å². The zero-order valence-electron chi connectivity index (χ0n) is 18.9. The number of carbonyl (C=O) groups is 2. The van der Waals surface area contributed by atoms with Crippen LogP contribution in [0.4, 0.5) is 28.0 Å². The Labute approximate surface area is 209 Å². The van der Waals surface area contributed by atoms with Crippen molar-refractivity contribution in [3.63, 3.8) is 0 Å². The molecule has 2 saturated heterocycles. The van der Waals surface area contributed by atoms with Crippen molar-refractivity contribution in [3.8, 4) is 5.75 Å². The van der Waals surface area contributed by atoms with Gasteiger partial charge in [-0.2, -0.15) is 0 Å². The van der Waals surface area contributed by atoms with Crippen molar-refractivity contribution in [1.29, 1.82) is 0 Å². The van der Waals surface area contributed by atoms with Crippen molar-refractivity contribution in [2.24, 2.45) is 5.73 Å². The number of likely N-dealkylation sites (tertiary alicyclic amines) is 1. The smallest absolute Gasteiger partial charge is 0.404 e. The molecule has 2 aliphatic rings. The Balaban J connectivity index is 1.49. The molecule has 2 heterocycles. The molecule has 2 aromatic carbocycles. The van der Waals surface area contributed by atoms with Gasteiger partial charge in [-0.05, 0) is 48.7 Å². The molecule has 2 aromatic rings. The Hall–Kier alpha value is -3.31. The number of nitrogens with two attached hydrogens (primary N) is 1. The van der Waals surface area contributed by atoms with Crippen molar-refractivity contribution in [1.82, 2.24) is 9.80 Å². The second kappa shape index (κ2) is 10.4. The lowest BCUT2D eigenvalue weighted by Crippen LogP contribution is -2.55. The number of nitrogens with zero attached hydrogens (tertiary/aromatic N) is 2. The van der Waals surface area contributed by atoms with E-state index in [0.717, 1.165) is 30.5 Å². The van der Waals surface area contributed by atoms with Crippen molar-refractivity contribution >= 4 is 35.3 Å². The first kappa shape index (κ1) is 25.8. The van der Waals surface area contributed by atoms with Crippen molar-refractivity contribution in [2.75, 3.05) is 18.4 Å². The van der Waals surface area contributed by atoms with E-state index < -0.39 is 23.2 Å². The summed E-state index contributed by atoms with van der Waals surface area (Å²) < 4.78 is 55.3. The van der Waals surface area contributed by atoms with Gasteiger partial charge in [0.25, 0.3) is 0 Å². The molecule has 2 unspecified atom stereocenters. The number of carbonyl (C=O) groups excluding carboxylic acids is 2. The Morgan fingerprint density at radius 1 is 1.14 bits per heavy atom. The standard InChI is InChI=1S/C24H23ClF4N4O3/c25-19-10-20(31-23(30)35)15(9-21(19)36-24(27,28)29)3-8-22(34)33-17-6-7-18(33)13-32(12-17)11-14-1-4-16(26)5-2-14/h1-5,8-10,17-18H,6-7,11-13H2,(H3,30,31,35). The number of hydrogen-bond donors (Lipinski definition) is 2. The quantitative estimate of drug-likeness (QED) is 0.420. The molecule has 4 rings (SSSR count). The molecule has 2 bridgehead atoms. The molecule has 3 amide bonds. The summed E-state index contributed by atoms with van der Waals surface area (Å²) in [5, 5.41) is 1.89. The number of ether oxygens (including phenoxy) is 1. The van der Waals surface area contributed by atoms with Crippen LogP contribution in [0.15, 0.2) is 42.5 Å². The van der Waals surface area contributed by atoms with Crippen molar-refractivity contribution in [2.45, 2.75) is 37.8 Å². The van der Waals surface area contributed by atoms with Crippen LogP contribution < -0.4 is 15.8 Å². The molecule has 2 fully saturated rings. The predicted molar refractivity (Wildman–Crippen MR) is 126 cm³/mol. The summed E-state index contributed by atoms with van der Waals surface area (Å²) in [6.07, 6.45) is -0.802. The second-order valence-electron chi connectivity index (χ2n) is 8.69. The molecule has 3 N–H and O–H groups in total. The van der Waals surface area contributed by atoms with Crippen LogP contribution in [0.3, 0.4) is 0 Å². The van der Waals surface area contributed by atoms with Gasteiger partial charge in [0.2, 0.25) is 5.91 Å². The van der Waals surface area contributed by atoms with Crippen LogP contribution in [0, 0.1) is 5.82 Å². The molecule has 2 aliphatic heterocycles. The topological polar surface area (TPSA) is 87.9 Å². The maximum absolute atomic E-state index is 13.2. The zero-order chi connectivity index (χ0) is 26.0. The molecule has 0 radical (unpaired) electrons. The third kappa shape index (κ3) is 6.27. The molecule has 0 aliphatic carbocycles. The van der Waals surface area contributed by atoms with Crippen LogP contribution in [0.25, 0.3) is 6.08 Å². The molecule has 0 saturated carbocycles. The van der Waals surface area contributed by atoms with Crippen molar-refractivity contribution < 1.29 is 31.9 Å². The first-order valence-corrected chi connectivity index (χ1v) is 11.5. The fourth-order valence-corrected chi connectivity index (χ4v) is 4.93. The minimum Gasteiger partial charge on any atom is -0.404 e. The Bertz CT molecular complexity index is 1160. The van der Waals surface area contributed by atoms with E-state index in [2.05, 4.69) is 15.0 Å². The highest BCUT2D eigenvalue weighted by molar-refractivity contribution is 6.32. The lowest BCUT2D eigenvalue weighted by atomic mass is 10.1. The average molecular weight is 527 g/mol. The number of hydrogen-bond acceptors (Lipinski definition) is 4. The van der Waals surface area contributed by atoms with Gasteiger partial charge < -0.3 is 20.7 Å². The predicted octanol–water partition coefficient (Wildman–Crippen LogP) is 4.76. The molecular formula is C24H23ClF4N4O3. The molecule has 0 spiro atoms. The van der Waals surface area contributed by atoms with Gasteiger partial charge >= 0.3 is 12.4 Å². The Morgan fingerprint density at radius 2 is 1.78 bits per heavy atom. The first-order chi connectivity index (χ1) is 17.0. The van der Waals surface area contributed by atoms with Gasteiger partial charge in [0, 0.05) is 43.4 Å². The lowest BCUT2D eigenvalue weighted by molar-refractivity contribution is -0.274. The number of anilines is 1. The molecule has 2 atom stereocenters. The molecule has 12 heteroatoms. The summed E-state index contributed by atoms with van der Waals surface area (Å²) in [7, 11) is 0. The Morgan fingerprint density at radius 3 is 2.36 bits per heavy atom. The highest BCUT2D eigenvalue weighted by atomic mass is 35.5. The van der Waals surface area contributed by atoms with Gasteiger partial charge in [-0.1, -0.05) is 23.7 Å². The number of nitrogens with one attached hydrogen (secondary N) is 1. The largest absolute Gasteiger partial charge is 0.573 e. The molecule has 7 nitrogen and oxygen atoms in total. The number of primary amides is 1. The van der Waals surface area contributed by atoms with Crippen LogP contribution in [0.5, 0.6) is 5.75 Å². The summed E-state index contributed by atoms with van der Waals surface area (Å²) >= 11 is 5.86. The van der Waals surface area contributed by atoms with E-state index in [-0.39, 0.29) is 35.1 Å². The van der Waals surface area contributed by atoms with Crippen LogP contribution >= 0.6 is 11.6 Å². The van der Waals surface area contributed by atoms with E-state index in [9.17, 15) is 27.2 Å². The highest BCUT2D eigenvalue weighted by Crippen LogP contribution is 2.36. The summed E-state index contributed by atoms with van der Waals surface area (Å²) in [6, 6.07) is 7.33. The van der Waals surface area contributed by atoms with E-state index in [4.69, 9.17) is 17.3 Å². The SMILES string of the molecule is NC(=O)Nc1cc(Cl)c(OC(F)(F)F)cc1C=CC(=O)N1C2CCC1CN(Cc1ccc(F)cc1)C2. The molecule has 192 valence electrons. The first-order valence-electron chi connectivity index (χ1n) is 11.1. The molecule has 0 aromatic heterocycles. The van der Waals surface area contributed by atoms with E-state index >= 15 is 0 Å². The van der Waals surface area contributed by atoms with Crippen LogP contribution in [0.1, 0.15) is 24.0 Å². The zero-order valence-corrected chi connectivity index (χ0v) is 19.7. The number of amides is 3. The number of alkyl halides is 3. The van der Waals surface area contributed by atoms with Gasteiger partial charge in [0.05, 0.1) is 10.7 Å². The monoisotopic (exact) mass is 526 g/mol. The van der Waals surface area contributed by atoms with E-state index in [1.807, 2.05) is 0 Å². The highest BCUT2D eigenvalue weighted by Gasteiger charge is 2.41. The fourth-order valence-electron chi connectivity index (χ4n) is 4.73. The maximum Gasteiger partial charge on any atom is 0.573 e. The van der Waals surface area contributed by atoms with Crippen LogP contribution in [-0.2, 0) is 11.3 Å². The van der Waals surface area contributed by atoms with Gasteiger partial charge in [-0.25, -0.2) is 9.18 Å². The minimum atomic E-state index is -4.98. The minimum absolute atomic E-state index is 0.0261. The number of halogens is 5. The van der Waals surface area contributed by atoms with Crippen molar-refractivity contribution in [3.05, 3.63) is 64.4 Å². The maximum atomic E-state index is 13.2. The Kier molecular flexibility index (Phi) is 7.41. The third-order valence-corrected chi connectivity index (χ3v) is 6.42. The summed E-state index contributed by atoms with van der Waals surface area (Å²) in [5.74, 6) is -1.28. The normalized spacial score (nSPS) is 20.1. The number of urea groups is 1. The van der Waals surface area contributed by atoms with E-state index in [0.29, 0.717) is 19.6 Å². The lowest BCUT2D eigenvalue weighted by Gasteiger charge is -2.40. The molecular weight excluding hydrogens is 504 g/mol. The van der Waals surface area contributed by atoms with Gasteiger partial charge in [-0.3, -0.25) is 9.69 Å². The van der Waals surface area contributed by atoms with Crippen LogP contribution in [0.2, 0.25) is 5.02 Å². The summed E-state index contributed by atoms with van der Waals surface area (Å²) in [6.45, 7) is 1.93. The fraction of sp³-hybridized carbons (Fsp3) is 0.333. The number of rotatable bonds is 6. The van der Waals surface area contributed by atoms with Gasteiger partial charge in [-0.15, -0.1) is 13.2 Å². The van der Waals surface area contributed by atoms with Gasteiger partial charge in [0.1, 0.15) is 11.6 Å². The van der Waals surface area contributed by atoms with Crippen LogP contribution in [-0.4, -0.2) is 53.3 Å². The summed E-state index contributed by atoms with van der Waals surface area (Å²) in [4.78, 5) is 28.4.